The van der Waals surface area contributed by atoms with Crippen LogP contribution in [0.15, 0.2) is 11.0 Å². The average Bonchev–Trinajstić information content (AvgIpc) is 2.97. The molecule has 5 nitrogen and oxygen atoms in total. The number of nitrogens with zero attached hydrogens (tertiary/aromatic N) is 3. The van der Waals surface area contributed by atoms with Crippen molar-refractivity contribution in [3.63, 3.8) is 0 Å². The summed E-state index contributed by atoms with van der Waals surface area (Å²) < 4.78 is 4.00. The Kier molecular flexibility index (Phi) is 2.81. The summed E-state index contributed by atoms with van der Waals surface area (Å²) in [6.45, 7) is 2.74. The molecule has 2 aromatic rings. The predicted molar refractivity (Wildman–Crippen MR) is 72.4 cm³/mol. The molecule has 1 aliphatic rings. The fourth-order valence-electron chi connectivity index (χ4n) is 2.71. The molecule has 6 heteroatoms. The summed E-state index contributed by atoms with van der Waals surface area (Å²) in [5.41, 5.74) is 1.19. The van der Waals surface area contributed by atoms with Gasteiger partial charge in [-0.15, -0.1) is 0 Å². The topological polar surface area (TPSA) is 55.6 Å². The highest BCUT2D eigenvalue weighted by molar-refractivity contribution is 7.71. The highest BCUT2D eigenvalue weighted by atomic mass is 32.1. The Labute approximate surface area is 109 Å². The van der Waals surface area contributed by atoms with Gasteiger partial charge in [0.1, 0.15) is 0 Å². The van der Waals surface area contributed by atoms with E-state index in [0.717, 1.165) is 24.9 Å². The van der Waals surface area contributed by atoms with Crippen LogP contribution in [0.4, 0.5) is 0 Å². The monoisotopic (exact) mass is 264 g/mol. The van der Waals surface area contributed by atoms with E-state index in [2.05, 4.69) is 10.1 Å². The first-order valence-corrected chi connectivity index (χ1v) is 6.83. The molecule has 0 unspecified atom stereocenters. The van der Waals surface area contributed by atoms with E-state index in [0.29, 0.717) is 10.3 Å². The maximum absolute atomic E-state index is 12.5. The van der Waals surface area contributed by atoms with Gasteiger partial charge in [-0.05, 0) is 32.0 Å². The number of nitrogens with one attached hydrogen (secondary N) is 1. The molecule has 2 heterocycles. The fourth-order valence-corrected chi connectivity index (χ4v) is 3.05. The first-order chi connectivity index (χ1) is 8.70. The van der Waals surface area contributed by atoms with Crippen molar-refractivity contribution in [2.24, 2.45) is 0 Å². The van der Waals surface area contributed by atoms with E-state index in [4.69, 9.17) is 12.2 Å². The van der Waals surface area contributed by atoms with Crippen LogP contribution in [-0.4, -0.2) is 19.3 Å². The van der Waals surface area contributed by atoms with Gasteiger partial charge in [0.2, 0.25) is 0 Å². The fraction of sp³-hybridized carbons (Fsp3) is 0.583. The van der Waals surface area contributed by atoms with Crippen molar-refractivity contribution in [1.29, 1.82) is 0 Å². The third-order valence-corrected chi connectivity index (χ3v) is 3.96. The summed E-state index contributed by atoms with van der Waals surface area (Å²) in [6, 6.07) is 0.248. The number of H-pyrrole nitrogens is 1. The standard InChI is InChI=1S/C12H16N4OS/c1-2-15-7-9-10(14-15)11(17)16(12(18)13-9)8-5-3-4-6-8/h7-8H,2-6H2,1H3,(H,13,18). The van der Waals surface area contributed by atoms with Gasteiger partial charge in [0.15, 0.2) is 10.3 Å². The van der Waals surface area contributed by atoms with Gasteiger partial charge < -0.3 is 4.98 Å². The van der Waals surface area contributed by atoms with Crippen molar-refractivity contribution < 1.29 is 0 Å². The number of rotatable bonds is 2. The Balaban J connectivity index is 2.25. The lowest BCUT2D eigenvalue weighted by Gasteiger charge is -2.12. The zero-order chi connectivity index (χ0) is 12.7. The molecule has 0 amide bonds. The van der Waals surface area contributed by atoms with Crippen molar-refractivity contribution >= 4 is 23.3 Å². The maximum Gasteiger partial charge on any atom is 0.282 e. The molecule has 0 aliphatic heterocycles. The third kappa shape index (κ3) is 1.71. The zero-order valence-corrected chi connectivity index (χ0v) is 11.2. The molecule has 0 spiro atoms. The molecular formula is C12H16N4OS. The molecule has 18 heavy (non-hydrogen) atoms. The molecule has 1 fully saturated rings. The van der Waals surface area contributed by atoms with Crippen LogP contribution in [0, 0.1) is 4.77 Å². The summed E-state index contributed by atoms with van der Waals surface area (Å²) in [5.74, 6) is 0. The summed E-state index contributed by atoms with van der Waals surface area (Å²) in [7, 11) is 0. The highest BCUT2D eigenvalue weighted by Gasteiger charge is 2.21. The molecule has 1 aliphatic carbocycles. The number of hydrogen-bond acceptors (Lipinski definition) is 3. The molecule has 2 aromatic heterocycles. The summed E-state index contributed by atoms with van der Waals surface area (Å²) >= 11 is 5.32. The molecule has 1 N–H and O–H groups in total. The van der Waals surface area contributed by atoms with Crippen molar-refractivity contribution in [1.82, 2.24) is 19.3 Å². The number of aromatic amines is 1. The van der Waals surface area contributed by atoms with Crippen molar-refractivity contribution in [2.75, 3.05) is 0 Å². The largest absolute Gasteiger partial charge is 0.329 e. The highest BCUT2D eigenvalue weighted by Crippen LogP contribution is 2.28. The lowest BCUT2D eigenvalue weighted by molar-refractivity contribution is 0.492. The van der Waals surface area contributed by atoms with E-state index in [1.165, 1.54) is 12.8 Å². The summed E-state index contributed by atoms with van der Waals surface area (Å²) in [6.07, 6.45) is 6.26. The Hall–Kier alpha value is -1.43. The summed E-state index contributed by atoms with van der Waals surface area (Å²) in [4.78, 5) is 15.6. The van der Waals surface area contributed by atoms with Crippen molar-refractivity contribution in [2.45, 2.75) is 45.2 Å². The minimum atomic E-state index is -0.0483. The number of hydrogen-bond donors (Lipinski definition) is 1. The van der Waals surface area contributed by atoms with Gasteiger partial charge in [-0.3, -0.25) is 14.0 Å². The van der Waals surface area contributed by atoms with Crippen molar-refractivity contribution in [3.8, 4) is 0 Å². The second kappa shape index (κ2) is 4.35. The molecule has 0 aromatic carbocycles. The molecule has 0 atom stereocenters. The van der Waals surface area contributed by atoms with Crippen LogP contribution in [0.5, 0.6) is 0 Å². The van der Waals surface area contributed by atoms with Crippen LogP contribution in [0.2, 0.25) is 0 Å². The second-order valence-electron chi connectivity index (χ2n) is 4.79. The minimum Gasteiger partial charge on any atom is -0.329 e. The zero-order valence-electron chi connectivity index (χ0n) is 10.3. The second-order valence-corrected chi connectivity index (χ2v) is 5.18. The Morgan fingerprint density at radius 2 is 2.22 bits per heavy atom. The average molecular weight is 264 g/mol. The van der Waals surface area contributed by atoms with E-state index in [1.807, 2.05) is 13.1 Å². The van der Waals surface area contributed by atoms with Crippen LogP contribution >= 0.6 is 12.2 Å². The Morgan fingerprint density at radius 3 is 2.89 bits per heavy atom. The minimum absolute atomic E-state index is 0.0483. The van der Waals surface area contributed by atoms with E-state index in [9.17, 15) is 4.79 Å². The first kappa shape index (κ1) is 11.6. The smallest absolute Gasteiger partial charge is 0.282 e. The number of aromatic nitrogens is 4. The molecular weight excluding hydrogens is 248 g/mol. The first-order valence-electron chi connectivity index (χ1n) is 6.42. The Morgan fingerprint density at radius 1 is 1.50 bits per heavy atom. The van der Waals surface area contributed by atoms with Crippen molar-refractivity contribution in [3.05, 3.63) is 21.3 Å². The molecule has 0 bridgehead atoms. The van der Waals surface area contributed by atoms with Crippen LogP contribution in [-0.2, 0) is 6.54 Å². The lowest BCUT2D eigenvalue weighted by Crippen LogP contribution is -2.25. The maximum atomic E-state index is 12.5. The van der Waals surface area contributed by atoms with Gasteiger partial charge in [-0.25, -0.2) is 0 Å². The summed E-state index contributed by atoms with van der Waals surface area (Å²) in [5, 5.41) is 4.31. The molecule has 1 saturated carbocycles. The van der Waals surface area contributed by atoms with E-state index < -0.39 is 0 Å². The lowest BCUT2D eigenvalue weighted by atomic mass is 10.2. The van der Waals surface area contributed by atoms with E-state index >= 15 is 0 Å². The van der Waals surface area contributed by atoms with Gasteiger partial charge in [-0.2, -0.15) is 5.10 Å². The number of fused-ring (bicyclic) bond motifs is 1. The molecule has 3 rings (SSSR count). The molecule has 0 saturated heterocycles. The Bertz CT molecular complexity index is 690. The normalized spacial score (nSPS) is 16.7. The third-order valence-electron chi connectivity index (χ3n) is 3.66. The van der Waals surface area contributed by atoms with Gasteiger partial charge in [0.25, 0.3) is 5.56 Å². The SMILES string of the molecule is CCn1cc2[nH]c(=S)n(C3CCCC3)c(=O)c2n1. The quantitative estimate of drug-likeness (QED) is 0.847. The predicted octanol–water partition coefficient (Wildman–Crippen LogP) is 2.39. The van der Waals surface area contributed by atoms with Crippen LogP contribution in [0.25, 0.3) is 11.0 Å². The van der Waals surface area contributed by atoms with Gasteiger partial charge in [-0.1, -0.05) is 12.8 Å². The molecule has 96 valence electrons. The van der Waals surface area contributed by atoms with Crippen LogP contribution in [0.1, 0.15) is 38.6 Å². The number of aryl methyl sites for hydroxylation is 1. The van der Waals surface area contributed by atoms with Gasteiger partial charge in [0, 0.05) is 18.8 Å². The van der Waals surface area contributed by atoms with Gasteiger partial charge >= 0.3 is 0 Å². The van der Waals surface area contributed by atoms with Gasteiger partial charge in [0.05, 0.1) is 5.52 Å². The van der Waals surface area contributed by atoms with Crippen LogP contribution < -0.4 is 5.56 Å². The molecule has 0 radical (unpaired) electrons. The van der Waals surface area contributed by atoms with E-state index in [1.54, 1.807) is 9.25 Å². The van der Waals surface area contributed by atoms with E-state index in [-0.39, 0.29) is 11.6 Å². The van der Waals surface area contributed by atoms with Crippen LogP contribution in [0.3, 0.4) is 0 Å².